The summed E-state index contributed by atoms with van der Waals surface area (Å²) in [5.74, 6) is -2.53. The van der Waals surface area contributed by atoms with Gasteiger partial charge in [0.25, 0.3) is 27.5 Å². The Hall–Kier alpha value is -6.33. The molecule has 8 heterocycles. The number of fused-ring (bicyclic) bond motifs is 4. The third-order valence-corrected chi connectivity index (χ3v) is 17.9. The van der Waals surface area contributed by atoms with Crippen molar-refractivity contribution in [2.24, 2.45) is 5.41 Å². The minimum absolute atomic E-state index is 0.00153. The van der Waals surface area contributed by atoms with Gasteiger partial charge in [-0.15, -0.1) is 0 Å². The minimum atomic E-state index is -4.77. The number of hydrogen-bond donors (Lipinski definition) is 3. The molecule has 12 rings (SSSR count). The van der Waals surface area contributed by atoms with E-state index < -0.39 is 49.5 Å². The van der Waals surface area contributed by atoms with E-state index in [0.717, 1.165) is 79.8 Å². The number of anilines is 4. The third kappa shape index (κ3) is 9.75. The minimum Gasteiger partial charge on any atom is -0.491 e. The summed E-state index contributed by atoms with van der Waals surface area (Å²) in [6.07, 6.45) is 5.45. The highest BCUT2D eigenvalue weighted by Crippen LogP contribution is 2.54. The highest BCUT2D eigenvalue weighted by molar-refractivity contribution is 7.90. The Kier molecular flexibility index (Phi) is 13.2. The number of nitro benzene ring substituents is 1. The van der Waals surface area contributed by atoms with Gasteiger partial charge in [-0.25, -0.2) is 21.9 Å². The molecule has 2 aromatic heterocycles. The predicted molar refractivity (Wildman–Crippen MR) is 279 cm³/mol. The lowest BCUT2D eigenvalue weighted by Crippen LogP contribution is -2.57. The molecule has 3 N–H and O–H groups in total. The molecular formula is C54H63F2N9O10S. The number of piperidine rings is 2. The SMILES string of the molecule is CC(C)Oc1ccccc1[C@@H]1COCCN1C1CC2(CCN(c3ccc(C(=O)NS(=O)(=O)c4cc5c(c([N+](=O)[O-])c4)N[C@@H](CN4CCC(F)(F)CC4)CO5)c(N4c5cc6cc[nH]c6nc5O[C@H]5COCC[C@@H]54)c3)CC2)C1. The summed E-state index contributed by atoms with van der Waals surface area (Å²) >= 11 is 0. The lowest BCUT2D eigenvalue weighted by atomic mass is 9.59. The van der Waals surface area contributed by atoms with E-state index in [1.807, 2.05) is 54.0 Å². The summed E-state index contributed by atoms with van der Waals surface area (Å²) in [6, 6.07) is 19.4. The quantitative estimate of drug-likeness (QED) is 0.0805. The zero-order valence-corrected chi connectivity index (χ0v) is 43.4. The van der Waals surface area contributed by atoms with E-state index in [2.05, 4.69) is 43.0 Å². The van der Waals surface area contributed by atoms with E-state index in [9.17, 15) is 32.1 Å². The van der Waals surface area contributed by atoms with Crippen LogP contribution in [0.15, 0.2) is 77.8 Å². The molecule has 6 aliphatic heterocycles. The number of nitrogens with one attached hydrogen (secondary N) is 3. The van der Waals surface area contributed by atoms with Crippen LogP contribution in [0.2, 0.25) is 0 Å². The molecular weight excluding hydrogens is 1000 g/mol. The van der Waals surface area contributed by atoms with Crippen LogP contribution in [0.3, 0.4) is 0 Å². The van der Waals surface area contributed by atoms with Gasteiger partial charge in [-0.1, -0.05) is 18.2 Å². The van der Waals surface area contributed by atoms with Crippen molar-refractivity contribution in [2.75, 3.05) is 87.4 Å². The fraction of sp³-hybridized carbons (Fsp3) is 0.519. The topological polar surface area (TPSA) is 206 Å². The molecule has 5 fully saturated rings. The molecule has 1 spiro atoms. The summed E-state index contributed by atoms with van der Waals surface area (Å²) in [4.78, 5) is 42.9. The molecule has 4 saturated heterocycles. The molecule has 19 nitrogen and oxygen atoms in total. The first-order valence-electron chi connectivity index (χ1n) is 26.5. The maximum absolute atomic E-state index is 14.8. The van der Waals surface area contributed by atoms with Gasteiger partial charge in [0.05, 0.1) is 65.1 Å². The van der Waals surface area contributed by atoms with Crippen molar-refractivity contribution in [1.29, 1.82) is 0 Å². The van der Waals surface area contributed by atoms with Crippen molar-refractivity contribution in [1.82, 2.24) is 24.5 Å². The van der Waals surface area contributed by atoms with Crippen LogP contribution in [-0.4, -0.2) is 148 Å². The Morgan fingerprint density at radius 1 is 0.947 bits per heavy atom. The molecule has 404 valence electrons. The number of alkyl halides is 2. The van der Waals surface area contributed by atoms with Gasteiger partial charge in [0.2, 0.25) is 5.88 Å². The van der Waals surface area contributed by atoms with Crippen LogP contribution in [0.5, 0.6) is 17.4 Å². The zero-order chi connectivity index (χ0) is 52.5. The molecule has 0 bridgehead atoms. The lowest BCUT2D eigenvalue weighted by molar-refractivity contribution is -0.384. The fourth-order valence-corrected chi connectivity index (χ4v) is 13.6. The molecule has 1 saturated carbocycles. The number of carbonyl (C=O) groups is 1. The van der Waals surface area contributed by atoms with Gasteiger partial charge in [-0.05, 0) is 87.8 Å². The lowest BCUT2D eigenvalue weighted by Gasteiger charge is -2.57. The van der Waals surface area contributed by atoms with Gasteiger partial charge in [-0.3, -0.25) is 19.8 Å². The number of H-pyrrole nitrogens is 1. The number of aromatic amines is 1. The van der Waals surface area contributed by atoms with E-state index in [1.165, 1.54) is 0 Å². The molecule has 0 radical (unpaired) electrons. The Morgan fingerprint density at radius 2 is 1.74 bits per heavy atom. The van der Waals surface area contributed by atoms with Gasteiger partial charge < -0.3 is 48.7 Å². The number of benzene rings is 3. The van der Waals surface area contributed by atoms with Gasteiger partial charge in [-0.2, -0.15) is 4.98 Å². The molecule has 5 aromatic rings. The number of morpholine rings is 1. The van der Waals surface area contributed by atoms with Crippen LogP contribution in [0, 0.1) is 15.5 Å². The molecule has 7 aliphatic rings. The largest absolute Gasteiger partial charge is 0.491 e. The van der Waals surface area contributed by atoms with E-state index in [1.54, 1.807) is 12.3 Å². The standard InChI is InChI=1S/C54H63F2N9O10S/c1-33(2)74-46-6-4-3-5-39(46)45-31-72-22-20-63(45)37-27-53(28-37)11-18-62(19-12-53)36-7-8-40(42(24-36)64-41-10-21-71-32-48(41)75-52-44(64)23-34-9-15-57-50(34)59-52)51(66)60-76(69,70)38-25-43(65(67)68)49-47(26-38)73-30-35(58-49)29-61-16-13-54(55,56)14-17-61/h3-9,15,23-26,33,35,37,41,45,48,58H,10-14,16-22,27-32H2,1-2H3,(H,57,59)(H,60,66)/t35-,41-,45-,48-/m0/s1. The summed E-state index contributed by atoms with van der Waals surface area (Å²) in [5.41, 5.74) is 3.33. The maximum atomic E-state index is 14.8. The van der Waals surface area contributed by atoms with Crippen LogP contribution in [-0.2, 0) is 19.5 Å². The number of sulfonamides is 1. The summed E-state index contributed by atoms with van der Waals surface area (Å²) in [6.45, 7) is 9.12. The number of halogens is 2. The highest BCUT2D eigenvalue weighted by Gasteiger charge is 2.50. The Morgan fingerprint density at radius 3 is 2.53 bits per heavy atom. The number of nitrogens with zero attached hydrogens (tertiary/aromatic N) is 6. The van der Waals surface area contributed by atoms with Crippen molar-refractivity contribution >= 4 is 55.4 Å². The third-order valence-electron chi connectivity index (χ3n) is 16.5. The maximum Gasteiger partial charge on any atom is 0.297 e. The normalized spacial score (nSPS) is 24.6. The second kappa shape index (κ2) is 19.9. The Labute approximate surface area is 439 Å². The second-order valence-corrected chi connectivity index (χ2v) is 23.5. The molecule has 4 atom stereocenters. The van der Waals surface area contributed by atoms with Gasteiger partial charge in [0.1, 0.15) is 29.8 Å². The van der Waals surface area contributed by atoms with E-state index in [0.29, 0.717) is 61.7 Å². The second-order valence-electron chi connectivity index (χ2n) is 21.8. The smallest absolute Gasteiger partial charge is 0.297 e. The van der Waals surface area contributed by atoms with E-state index in [4.69, 9.17) is 28.7 Å². The van der Waals surface area contributed by atoms with E-state index >= 15 is 0 Å². The van der Waals surface area contributed by atoms with Crippen molar-refractivity contribution in [3.05, 3.63) is 94.2 Å². The average Bonchev–Trinajstić information content (AvgIpc) is 3.86. The van der Waals surface area contributed by atoms with Gasteiger partial charge >= 0.3 is 0 Å². The summed E-state index contributed by atoms with van der Waals surface area (Å²) in [7, 11) is -4.77. The fourth-order valence-electron chi connectivity index (χ4n) is 12.6. The number of likely N-dealkylation sites (tertiary alicyclic amines) is 1. The van der Waals surface area contributed by atoms with Crippen molar-refractivity contribution in [3.8, 4) is 17.4 Å². The number of hydrogen-bond acceptors (Lipinski definition) is 16. The number of rotatable bonds is 12. The van der Waals surface area contributed by atoms with Crippen LogP contribution in [0.1, 0.15) is 80.8 Å². The molecule has 1 aliphatic carbocycles. The monoisotopic (exact) mass is 1070 g/mol. The zero-order valence-electron chi connectivity index (χ0n) is 42.6. The number of pyridine rings is 1. The predicted octanol–water partition coefficient (Wildman–Crippen LogP) is 7.79. The number of amides is 1. The Bertz CT molecular complexity index is 3140. The molecule has 76 heavy (non-hydrogen) atoms. The van der Waals surface area contributed by atoms with Crippen molar-refractivity contribution in [2.45, 2.75) is 106 Å². The molecule has 0 unspecified atom stereocenters. The number of ether oxygens (including phenoxy) is 5. The number of carbonyl (C=O) groups excluding carboxylic acids is 1. The van der Waals surface area contributed by atoms with Crippen LogP contribution in [0.4, 0.5) is 37.2 Å². The number of para-hydroxylation sites is 1. The first-order valence-corrected chi connectivity index (χ1v) is 28.0. The number of aromatic nitrogens is 2. The van der Waals surface area contributed by atoms with Crippen molar-refractivity contribution < 1.29 is 50.6 Å². The molecule has 22 heteroatoms. The highest BCUT2D eigenvalue weighted by atomic mass is 32.2. The first kappa shape index (κ1) is 50.5. The molecule has 1 amide bonds. The van der Waals surface area contributed by atoms with E-state index in [-0.39, 0.29) is 79.7 Å². The summed E-state index contributed by atoms with van der Waals surface area (Å²) < 4.78 is 89.4. The van der Waals surface area contributed by atoms with Crippen molar-refractivity contribution in [3.63, 3.8) is 0 Å². The van der Waals surface area contributed by atoms with Crippen LogP contribution < -0.4 is 34.0 Å². The first-order chi connectivity index (χ1) is 36.6. The van der Waals surface area contributed by atoms with Crippen LogP contribution in [0.25, 0.3) is 11.0 Å². The summed E-state index contributed by atoms with van der Waals surface area (Å²) in [5, 5.41) is 16.5. The Balaban J connectivity index is 0.817. The molecule has 3 aromatic carbocycles. The van der Waals surface area contributed by atoms with Crippen LogP contribution >= 0.6 is 0 Å². The van der Waals surface area contributed by atoms with Gasteiger partial charge in [0, 0.05) is 99.7 Å². The number of nitro groups is 1. The average molecular weight is 1070 g/mol. The van der Waals surface area contributed by atoms with Gasteiger partial charge in [0.15, 0.2) is 11.4 Å².